The SMILES string of the molecule is CCCCN(C)C(=O)CCCCCCCCNC(=O)c1c(C)[nH]c2ccccc12. The van der Waals surface area contributed by atoms with Crippen molar-refractivity contribution in [3.05, 3.63) is 35.5 Å². The van der Waals surface area contributed by atoms with Gasteiger partial charge in [0, 0.05) is 43.2 Å². The summed E-state index contributed by atoms with van der Waals surface area (Å²) in [5.41, 5.74) is 2.68. The van der Waals surface area contributed by atoms with Gasteiger partial charge in [0.25, 0.3) is 5.91 Å². The van der Waals surface area contributed by atoms with Crippen LogP contribution in [0, 0.1) is 6.92 Å². The molecule has 1 aromatic heterocycles. The number of hydrogen-bond donors (Lipinski definition) is 2. The van der Waals surface area contributed by atoms with Gasteiger partial charge in [-0.3, -0.25) is 9.59 Å². The van der Waals surface area contributed by atoms with Gasteiger partial charge >= 0.3 is 0 Å². The van der Waals surface area contributed by atoms with Gasteiger partial charge in [0.1, 0.15) is 0 Å². The minimum absolute atomic E-state index is 0.00524. The van der Waals surface area contributed by atoms with E-state index >= 15 is 0 Å². The van der Waals surface area contributed by atoms with Gasteiger partial charge in [0.15, 0.2) is 0 Å². The molecular formula is C24H37N3O2. The maximum atomic E-state index is 12.5. The minimum atomic E-state index is 0.00524. The number of carbonyl (C=O) groups excluding carboxylic acids is 2. The normalized spacial score (nSPS) is 11.0. The molecule has 5 nitrogen and oxygen atoms in total. The first-order valence-corrected chi connectivity index (χ1v) is 11.1. The van der Waals surface area contributed by atoms with E-state index in [0.29, 0.717) is 13.0 Å². The van der Waals surface area contributed by atoms with E-state index in [0.717, 1.165) is 80.1 Å². The Morgan fingerprint density at radius 3 is 2.45 bits per heavy atom. The standard InChI is InChI=1S/C24H37N3O2/c1-4-5-18-27(3)22(28)16-10-8-6-7-9-13-17-25-24(29)23-19(2)26-21-15-12-11-14-20(21)23/h11-12,14-15,26H,4-10,13,16-18H2,1-3H3,(H,25,29). The molecule has 0 aliphatic rings. The number of carbonyl (C=O) groups is 2. The third-order valence-corrected chi connectivity index (χ3v) is 5.50. The Balaban J connectivity index is 1.54. The van der Waals surface area contributed by atoms with Gasteiger partial charge in [0.2, 0.25) is 5.91 Å². The van der Waals surface area contributed by atoms with Gasteiger partial charge in [-0.05, 0) is 32.3 Å². The first-order chi connectivity index (χ1) is 14.0. The van der Waals surface area contributed by atoms with Gasteiger partial charge in [-0.1, -0.05) is 57.2 Å². The highest BCUT2D eigenvalue weighted by atomic mass is 16.2. The van der Waals surface area contributed by atoms with E-state index < -0.39 is 0 Å². The van der Waals surface area contributed by atoms with Crippen LogP contribution in [0.3, 0.4) is 0 Å². The number of aryl methyl sites for hydroxylation is 1. The summed E-state index contributed by atoms with van der Waals surface area (Å²) >= 11 is 0. The van der Waals surface area contributed by atoms with Crippen LogP contribution in [0.1, 0.15) is 80.8 Å². The topological polar surface area (TPSA) is 65.2 Å². The van der Waals surface area contributed by atoms with Crippen LogP contribution < -0.4 is 5.32 Å². The second-order valence-electron chi connectivity index (χ2n) is 7.97. The summed E-state index contributed by atoms with van der Waals surface area (Å²) in [4.78, 5) is 29.6. The van der Waals surface area contributed by atoms with Gasteiger partial charge < -0.3 is 15.2 Å². The number of aromatic nitrogens is 1. The first-order valence-electron chi connectivity index (χ1n) is 11.1. The molecule has 0 saturated carbocycles. The molecule has 0 unspecified atom stereocenters. The van der Waals surface area contributed by atoms with Crippen molar-refractivity contribution in [2.24, 2.45) is 0 Å². The number of rotatable bonds is 13. The Bertz CT molecular complexity index is 782. The highest BCUT2D eigenvalue weighted by molar-refractivity contribution is 6.08. The average molecular weight is 400 g/mol. The lowest BCUT2D eigenvalue weighted by Gasteiger charge is -2.16. The first kappa shape index (κ1) is 23.0. The van der Waals surface area contributed by atoms with Crippen molar-refractivity contribution in [1.29, 1.82) is 0 Å². The van der Waals surface area contributed by atoms with Crippen molar-refractivity contribution >= 4 is 22.7 Å². The molecule has 0 bridgehead atoms. The van der Waals surface area contributed by atoms with Crippen molar-refractivity contribution in [2.75, 3.05) is 20.1 Å². The van der Waals surface area contributed by atoms with Gasteiger partial charge in [-0.2, -0.15) is 0 Å². The third-order valence-electron chi connectivity index (χ3n) is 5.50. The minimum Gasteiger partial charge on any atom is -0.358 e. The largest absolute Gasteiger partial charge is 0.358 e. The number of nitrogens with one attached hydrogen (secondary N) is 2. The third kappa shape index (κ3) is 7.22. The number of para-hydroxylation sites is 1. The van der Waals surface area contributed by atoms with E-state index in [1.165, 1.54) is 0 Å². The van der Waals surface area contributed by atoms with Crippen LogP contribution in [-0.4, -0.2) is 41.8 Å². The van der Waals surface area contributed by atoms with Gasteiger partial charge in [0.05, 0.1) is 5.56 Å². The zero-order valence-electron chi connectivity index (χ0n) is 18.4. The molecule has 2 aromatic rings. The molecule has 29 heavy (non-hydrogen) atoms. The fourth-order valence-corrected chi connectivity index (χ4v) is 3.68. The number of benzene rings is 1. The van der Waals surface area contributed by atoms with Crippen LogP contribution in [0.2, 0.25) is 0 Å². The molecule has 5 heteroatoms. The number of aromatic amines is 1. The van der Waals surface area contributed by atoms with Gasteiger partial charge in [-0.15, -0.1) is 0 Å². The zero-order chi connectivity index (χ0) is 21.1. The molecule has 1 aromatic carbocycles. The maximum absolute atomic E-state index is 12.5. The number of unbranched alkanes of at least 4 members (excludes halogenated alkanes) is 6. The molecule has 0 aliphatic heterocycles. The second kappa shape index (κ2) is 12.3. The van der Waals surface area contributed by atoms with E-state index in [4.69, 9.17) is 0 Å². The zero-order valence-corrected chi connectivity index (χ0v) is 18.4. The van der Waals surface area contributed by atoms with Crippen LogP contribution in [0.15, 0.2) is 24.3 Å². The lowest BCUT2D eigenvalue weighted by atomic mass is 10.1. The maximum Gasteiger partial charge on any atom is 0.253 e. The summed E-state index contributed by atoms with van der Waals surface area (Å²) in [5.74, 6) is 0.277. The fourth-order valence-electron chi connectivity index (χ4n) is 3.68. The molecule has 160 valence electrons. The van der Waals surface area contributed by atoms with Crippen LogP contribution in [-0.2, 0) is 4.79 Å². The quantitative estimate of drug-likeness (QED) is 0.455. The van der Waals surface area contributed by atoms with Crippen LogP contribution in [0.4, 0.5) is 0 Å². The van der Waals surface area contributed by atoms with Crippen LogP contribution in [0.5, 0.6) is 0 Å². The van der Waals surface area contributed by atoms with Crippen molar-refractivity contribution in [2.45, 2.75) is 71.6 Å². The summed E-state index contributed by atoms with van der Waals surface area (Å²) < 4.78 is 0. The molecule has 0 radical (unpaired) electrons. The summed E-state index contributed by atoms with van der Waals surface area (Å²) in [6.07, 6.45) is 9.37. The predicted octanol–water partition coefficient (Wildman–Crippen LogP) is 5.20. The summed E-state index contributed by atoms with van der Waals surface area (Å²) in [5, 5.41) is 4.04. The predicted molar refractivity (Wildman–Crippen MR) is 120 cm³/mol. The van der Waals surface area contributed by atoms with Crippen molar-refractivity contribution in [3.8, 4) is 0 Å². The number of hydrogen-bond acceptors (Lipinski definition) is 2. The highest BCUT2D eigenvalue weighted by Crippen LogP contribution is 2.21. The van der Waals surface area contributed by atoms with E-state index in [9.17, 15) is 9.59 Å². The smallest absolute Gasteiger partial charge is 0.253 e. The Kier molecular flexibility index (Phi) is 9.75. The fraction of sp³-hybridized carbons (Fsp3) is 0.583. The van der Waals surface area contributed by atoms with E-state index in [-0.39, 0.29) is 11.8 Å². The number of fused-ring (bicyclic) bond motifs is 1. The van der Waals surface area contributed by atoms with Crippen molar-refractivity contribution in [3.63, 3.8) is 0 Å². The Hall–Kier alpha value is -2.30. The van der Waals surface area contributed by atoms with E-state index in [1.807, 2.05) is 43.1 Å². The molecule has 0 atom stereocenters. The molecule has 0 spiro atoms. The van der Waals surface area contributed by atoms with E-state index in [2.05, 4.69) is 17.2 Å². The molecule has 1 heterocycles. The molecule has 0 aliphatic carbocycles. The number of amides is 2. The highest BCUT2D eigenvalue weighted by Gasteiger charge is 2.15. The Labute approximate surface area is 175 Å². The average Bonchev–Trinajstić information content (AvgIpc) is 3.06. The lowest BCUT2D eigenvalue weighted by Crippen LogP contribution is -2.27. The number of nitrogens with zero attached hydrogens (tertiary/aromatic N) is 1. The second-order valence-corrected chi connectivity index (χ2v) is 7.97. The lowest BCUT2D eigenvalue weighted by molar-refractivity contribution is -0.130. The number of H-pyrrole nitrogens is 1. The molecule has 0 saturated heterocycles. The van der Waals surface area contributed by atoms with Crippen molar-refractivity contribution in [1.82, 2.24) is 15.2 Å². The molecule has 2 amide bonds. The molecule has 0 fully saturated rings. The molecular weight excluding hydrogens is 362 g/mol. The Morgan fingerprint density at radius 1 is 1.00 bits per heavy atom. The summed E-state index contributed by atoms with van der Waals surface area (Å²) in [7, 11) is 1.91. The summed E-state index contributed by atoms with van der Waals surface area (Å²) in [6.45, 7) is 5.67. The molecule has 2 N–H and O–H groups in total. The van der Waals surface area contributed by atoms with Gasteiger partial charge in [-0.25, -0.2) is 0 Å². The monoisotopic (exact) mass is 399 g/mol. The summed E-state index contributed by atoms with van der Waals surface area (Å²) in [6, 6.07) is 7.92. The molecule has 2 rings (SSSR count). The Morgan fingerprint density at radius 2 is 1.69 bits per heavy atom. The van der Waals surface area contributed by atoms with Crippen LogP contribution in [0.25, 0.3) is 10.9 Å². The van der Waals surface area contributed by atoms with E-state index in [1.54, 1.807) is 0 Å². The van der Waals surface area contributed by atoms with Crippen molar-refractivity contribution < 1.29 is 9.59 Å². The van der Waals surface area contributed by atoms with Crippen LogP contribution >= 0.6 is 0 Å².